The van der Waals surface area contributed by atoms with Gasteiger partial charge in [0.25, 0.3) is 0 Å². The van der Waals surface area contributed by atoms with E-state index in [-0.39, 0.29) is 25.2 Å². The second-order valence-electron chi connectivity index (χ2n) is 5.95. The molecule has 2 amide bonds. The van der Waals surface area contributed by atoms with Gasteiger partial charge in [-0.3, -0.25) is 14.4 Å². The third-order valence-electron chi connectivity index (χ3n) is 3.48. The molecule has 0 aliphatic heterocycles. The summed E-state index contributed by atoms with van der Waals surface area (Å²) < 4.78 is 0. The van der Waals surface area contributed by atoms with Gasteiger partial charge in [-0.25, -0.2) is 4.79 Å². The van der Waals surface area contributed by atoms with Gasteiger partial charge in [-0.05, 0) is 30.8 Å². The van der Waals surface area contributed by atoms with Crippen LogP contribution < -0.4 is 16.4 Å². The van der Waals surface area contributed by atoms with Gasteiger partial charge in [-0.2, -0.15) is 11.8 Å². The van der Waals surface area contributed by atoms with Crippen LogP contribution in [0, 0.1) is 5.92 Å². The number of rotatable bonds is 12. The summed E-state index contributed by atoms with van der Waals surface area (Å²) >= 11 is 1.46. The molecular weight excluding hydrogens is 350 g/mol. The minimum absolute atomic E-state index is 0.0565. The number of carbonyl (C=O) groups excluding carboxylic acids is 2. The van der Waals surface area contributed by atoms with Gasteiger partial charge in [-0.15, -0.1) is 0 Å². The van der Waals surface area contributed by atoms with Crippen molar-refractivity contribution in [2.45, 2.75) is 51.2 Å². The molecule has 10 heteroatoms. The number of carboxylic acid groups (broad SMARTS) is 2. The molecule has 9 nitrogen and oxygen atoms in total. The number of aliphatic carboxylic acids is 2. The van der Waals surface area contributed by atoms with Crippen LogP contribution in [0.1, 0.15) is 33.1 Å². The smallest absolute Gasteiger partial charge is 0.326 e. The Bertz CT molecular complexity index is 486. The molecule has 0 unspecified atom stereocenters. The lowest BCUT2D eigenvalue weighted by atomic mass is 10.0. The van der Waals surface area contributed by atoms with Crippen molar-refractivity contribution in [3.05, 3.63) is 0 Å². The van der Waals surface area contributed by atoms with Crippen molar-refractivity contribution in [1.82, 2.24) is 10.6 Å². The second kappa shape index (κ2) is 11.7. The van der Waals surface area contributed by atoms with Gasteiger partial charge in [0.05, 0.1) is 6.04 Å². The lowest BCUT2D eigenvalue weighted by Crippen LogP contribution is -2.56. The number of nitrogens with two attached hydrogens (primary N) is 1. The molecule has 25 heavy (non-hydrogen) atoms. The third-order valence-corrected chi connectivity index (χ3v) is 4.12. The minimum Gasteiger partial charge on any atom is -0.481 e. The Hall–Kier alpha value is -1.81. The van der Waals surface area contributed by atoms with E-state index in [9.17, 15) is 24.3 Å². The fourth-order valence-corrected chi connectivity index (χ4v) is 2.43. The molecule has 0 fully saturated rings. The van der Waals surface area contributed by atoms with E-state index in [1.807, 2.05) is 6.26 Å². The van der Waals surface area contributed by atoms with Gasteiger partial charge in [-0.1, -0.05) is 13.8 Å². The molecule has 0 bridgehead atoms. The van der Waals surface area contributed by atoms with E-state index < -0.39 is 41.9 Å². The predicted molar refractivity (Wildman–Crippen MR) is 94.2 cm³/mol. The zero-order valence-electron chi connectivity index (χ0n) is 14.7. The fraction of sp³-hybridized carbons (Fsp3) is 0.733. The van der Waals surface area contributed by atoms with Crippen LogP contribution in [0.15, 0.2) is 0 Å². The standard InChI is InChI=1S/C15H27N3O6S/c1-8(2)12(18-13(21)9(16)4-5-11(19)20)14(22)17-10(15(23)24)6-7-25-3/h8-10,12H,4-7,16H2,1-3H3,(H,17,22)(H,18,21)(H,19,20)(H,23,24)/t9-,10-,12-/m0/s1. The van der Waals surface area contributed by atoms with Crippen molar-refractivity contribution in [2.75, 3.05) is 12.0 Å². The SMILES string of the molecule is CSCC[C@H](NC(=O)[C@@H](NC(=O)[C@@H](N)CCC(=O)O)C(C)C)C(=O)O. The number of carbonyl (C=O) groups is 4. The molecule has 0 rings (SSSR count). The quantitative estimate of drug-likeness (QED) is 0.308. The zero-order chi connectivity index (χ0) is 19.6. The first-order valence-electron chi connectivity index (χ1n) is 7.90. The summed E-state index contributed by atoms with van der Waals surface area (Å²) in [7, 11) is 0. The highest BCUT2D eigenvalue weighted by Gasteiger charge is 2.29. The van der Waals surface area contributed by atoms with E-state index in [1.54, 1.807) is 13.8 Å². The molecule has 0 spiro atoms. The predicted octanol–water partition coefficient (Wildman–Crippen LogP) is -0.358. The number of amides is 2. The molecule has 0 aromatic heterocycles. The molecule has 0 heterocycles. The van der Waals surface area contributed by atoms with Gasteiger partial charge < -0.3 is 26.6 Å². The average Bonchev–Trinajstić information content (AvgIpc) is 2.52. The highest BCUT2D eigenvalue weighted by Crippen LogP contribution is 2.06. The van der Waals surface area contributed by atoms with E-state index in [2.05, 4.69) is 10.6 Å². The lowest BCUT2D eigenvalue weighted by Gasteiger charge is -2.25. The molecule has 0 aromatic carbocycles. The summed E-state index contributed by atoms with van der Waals surface area (Å²) in [6, 6.07) is -3.06. The Morgan fingerprint density at radius 3 is 2.08 bits per heavy atom. The first-order valence-corrected chi connectivity index (χ1v) is 9.29. The molecule has 6 N–H and O–H groups in total. The normalized spacial score (nSPS) is 14.4. The first-order chi connectivity index (χ1) is 11.6. The Labute approximate surface area is 151 Å². The van der Waals surface area contributed by atoms with Crippen molar-refractivity contribution in [2.24, 2.45) is 11.7 Å². The summed E-state index contributed by atoms with van der Waals surface area (Å²) in [5, 5.41) is 22.7. The van der Waals surface area contributed by atoms with E-state index in [0.29, 0.717) is 5.75 Å². The molecular formula is C15H27N3O6S. The maximum atomic E-state index is 12.4. The highest BCUT2D eigenvalue weighted by molar-refractivity contribution is 7.98. The monoisotopic (exact) mass is 377 g/mol. The molecule has 3 atom stereocenters. The number of thioether (sulfide) groups is 1. The summed E-state index contributed by atoms with van der Waals surface area (Å²) in [5.41, 5.74) is 5.63. The van der Waals surface area contributed by atoms with Crippen molar-refractivity contribution in [3.8, 4) is 0 Å². The fourth-order valence-electron chi connectivity index (χ4n) is 1.96. The number of nitrogens with one attached hydrogen (secondary N) is 2. The van der Waals surface area contributed by atoms with Crippen LogP contribution in [-0.4, -0.2) is 64.1 Å². The van der Waals surface area contributed by atoms with E-state index in [4.69, 9.17) is 10.8 Å². The van der Waals surface area contributed by atoms with Crippen LogP contribution in [0.3, 0.4) is 0 Å². The Balaban J connectivity index is 4.85. The minimum atomic E-state index is -1.14. The maximum absolute atomic E-state index is 12.4. The molecule has 0 radical (unpaired) electrons. The molecule has 0 aliphatic carbocycles. The highest BCUT2D eigenvalue weighted by atomic mass is 32.2. The number of carboxylic acids is 2. The van der Waals surface area contributed by atoms with Crippen molar-refractivity contribution >= 4 is 35.5 Å². The third kappa shape index (κ3) is 9.30. The van der Waals surface area contributed by atoms with Crippen LogP contribution in [0.25, 0.3) is 0 Å². The molecule has 144 valence electrons. The van der Waals surface area contributed by atoms with Gasteiger partial charge in [0.2, 0.25) is 11.8 Å². The first kappa shape index (κ1) is 23.2. The van der Waals surface area contributed by atoms with Crippen LogP contribution in [0.5, 0.6) is 0 Å². The van der Waals surface area contributed by atoms with Crippen LogP contribution in [0.2, 0.25) is 0 Å². The summed E-state index contributed by atoms with van der Waals surface area (Å²) in [5.74, 6) is -3.20. The molecule has 0 aromatic rings. The van der Waals surface area contributed by atoms with Crippen molar-refractivity contribution in [3.63, 3.8) is 0 Å². The average molecular weight is 377 g/mol. The van der Waals surface area contributed by atoms with Gasteiger partial charge in [0, 0.05) is 6.42 Å². The van der Waals surface area contributed by atoms with E-state index >= 15 is 0 Å². The summed E-state index contributed by atoms with van der Waals surface area (Å²) in [4.78, 5) is 46.1. The van der Waals surface area contributed by atoms with Gasteiger partial charge in [0.15, 0.2) is 0 Å². The van der Waals surface area contributed by atoms with Crippen LogP contribution >= 0.6 is 11.8 Å². The number of hydrogen-bond acceptors (Lipinski definition) is 6. The van der Waals surface area contributed by atoms with Gasteiger partial charge >= 0.3 is 11.9 Å². The maximum Gasteiger partial charge on any atom is 0.326 e. The largest absolute Gasteiger partial charge is 0.481 e. The molecule has 0 aliphatic rings. The van der Waals surface area contributed by atoms with E-state index in [0.717, 1.165) is 0 Å². The summed E-state index contributed by atoms with van der Waals surface area (Å²) in [6.07, 6.45) is 1.78. The molecule has 0 saturated carbocycles. The van der Waals surface area contributed by atoms with Gasteiger partial charge in [0.1, 0.15) is 12.1 Å². The topological polar surface area (TPSA) is 159 Å². The van der Waals surface area contributed by atoms with Crippen molar-refractivity contribution in [1.29, 1.82) is 0 Å². The Kier molecular flexibility index (Phi) is 10.8. The van der Waals surface area contributed by atoms with Crippen molar-refractivity contribution < 1.29 is 29.4 Å². The number of hydrogen-bond donors (Lipinski definition) is 5. The lowest BCUT2D eigenvalue weighted by molar-refractivity contribution is -0.142. The zero-order valence-corrected chi connectivity index (χ0v) is 15.5. The summed E-state index contributed by atoms with van der Waals surface area (Å²) in [6.45, 7) is 3.40. The Morgan fingerprint density at radius 2 is 1.64 bits per heavy atom. The van der Waals surface area contributed by atoms with E-state index in [1.165, 1.54) is 11.8 Å². The second-order valence-corrected chi connectivity index (χ2v) is 6.94. The van der Waals surface area contributed by atoms with Crippen LogP contribution in [-0.2, 0) is 19.2 Å². The molecule has 0 saturated heterocycles. The Morgan fingerprint density at radius 1 is 1.04 bits per heavy atom. The van der Waals surface area contributed by atoms with Crippen LogP contribution in [0.4, 0.5) is 0 Å².